The molecule has 1 amide bonds. The van der Waals surface area contributed by atoms with Gasteiger partial charge >= 0.3 is 6.18 Å². The van der Waals surface area contributed by atoms with Crippen molar-refractivity contribution in [2.45, 2.75) is 18.5 Å². The third-order valence-electron chi connectivity index (χ3n) is 3.82. The van der Waals surface area contributed by atoms with Gasteiger partial charge in [-0.15, -0.1) is 0 Å². The number of carbonyl (C=O) groups is 1. The summed E-state index contributed by atoms with van der Waals surface area (Å²) in [5, 5.41) is 12.0. The lowest BCUT2D eigenvalue weighted by molar-refractivity contribution is -0.138. The van der Waals surface area contributed by atoms with E-state index in [1.807, 2.05) is 0 Å². The highest BCUT2D eigenvalue weighted by Gasteiger charge is 2.48. The number of anilines is 1. The molecule has 0 spiro atoms. The molecule has 2 aromatic rings. The summed E-state index contributed by atoms with van der Waals surface area (Å²) in [6, 6.07) is 8.15. The van der Waals surface area contributed by atoms with Gasteiger partial charge in [-0.2, -0.15) is 13.2 Å². The summed E-state index contributed by atoms with van der Waals surface area (Å²) in [5.41, 5.74) is -0.577. The Morgan fingerprint density at radius 3 is 2.65 bits per heavy atom. The molecule has 1 aliphatic carbocycles. The highest BCUT2D eigenvalue weighted by Crippen LogP contribution is 2.51. The van der Waals surface area contributed by atoms with Gasteiger partial charge in [-0.25, -0.2) is 4.98 Å². The van der Waals surface area contributed by atoms with E-state index < -0.39 is 29.5 Å². The molecule has 2 N–H and O–H groups in total. The molecule has 1 aliphatic rings. The Bertz CT molecular complexity index is 746. The minimum absolute atomic E-state index is 0.00672. The Labute approximate surface area is 130 Å². The van der Waals surface area contributed by atoms with Gasteiger partial charge in [0.2, 0.25) is 5.91 Å². The lowest BCUT2D eigenvalue weighted by Crippen LogP contribution is -2.16. The summed E-state index contributed by atoms with van der Waals surface area (Å²) in [6.07, 6.45) is -2.70. The summed E-state index contributed by atoms with van der Waals surface area (Å²) in [7, 11) is 0. The number of benzene rings is 1. The van der Waals surface area contributed by atoms with Crippen LogP contribution >= 0.6 is 0 Å². The summed E-state index contributed by atoms with van der Waals surface area (Å²) >= 11 is 0. The summed E-state index contributed by atoms with van der Waals surface area (Å²) in [5.74, 6) is -1.65. The number of nitrogens with zero attached hydrogens (tertiary/aromatic N) is 1. The molecule has 4 nitrogen and oxygen atoms in total. The van der Waals surface area contributed by atoms with Crippen LogP contribution in [-0.2, 0) is 11.0 Å². The number of hydrogen-bond acceptors (Lipinski definition) is 3. The van der Waals surface area contributed by atoms with Crippen molar-refractivity contribution < 1.29 is 23.1 Å². The van der Waals surface area contributed by atoms with E-state index in [0.717, 1.165) is 6.07 Å². The molecule has 1 aromatic heterocycles. The molecule has 1 aromatic carbocycles. The Kier molecular flexibility index (Phi) is 3.71. The molecular formula is C16H13F3N2O2. The molecule has 0 aliphatic heterocycles. The van der Waals surface area contributed by atoms with Crippen molar-refractivity contribution in [1.82, 2.24) is 4.98 Å². The normalized spacial score (nSPS) is 20.1. The standard InChI is InChI=1S/C16H13F3N2O2/c17-16(18,19)12-5-2-1-4-9(12)10-8-11(10)15(23)21-14-13(22)6-3-7-20-14/h1-7,10-11,22H,8H2,(H,20,21,23)/t10-,11-/m1/s1. The van der Waals surface area contributed by atoms with Crippen molar-refractivity contribution in [2.75, 3.05) is 5.32 Å². The van der Waals surface area contributed by atoms with E-state index in [0.29, 0.717) is 6.42 Å². The van der Waals surface area contributed by atoms with E-state index in [4.69, 9.17) is 0 Å². The zero-order valence-corrected chi connectivity index (χ0v) is 11.8. The molecule has 1 fully saturated rings. The van der Waals surface area contributed by atoms with E-state index in [-0.39, 0.29) is 17.1 Å². The van der Waals surface area contributed by atoms with Crippen molar-refractivity contribution in [2.24, 2.45) is 5.92 Å². The molecular weight excluding hydrogens is 309 g/mol. The Morgan fingerprint density at radius 2 is 1.96 bits per heavy atom. The lowest BCUT2D eigenvalue weighted by atomic mass is 10.0. The summed E-state index contributed by atoms with van der Waals surface area (Å²) in [6.45, 7) is 0. The van der Waals surface area contributed by atoms with Gasteiger partial charge in [0.25, 0.3) is 0 Å². The Morgan fingerprint density at radius 1 is 1.22 bits per heavy atom. The fourth-order valence-electron chi connectivity index (χ4n) is 2.61. The van der Waals surface area contributed by atoms with Crippen LogP contribution in [0.2, 0.25) is 0 Å². The number of alkyl halides is 3. The summed E-state index contributed by atoms with van der Waals surface area (Å²) in [4.78, 5) is 15.9. The second-order valence-electron chi connectivity index (χ2n) is 5.39. The number of nitrogens with one attached hydrogen (secondary N) is 1. The van der Waals surface area contributed by atoms with Gasteiger partial charge in [-0.1, -0.05) is 18.2 Å². The quantitative estimate of drug-likeness (QED) is 0.908. The predicted molar refractivity (Wildman–Crippen MR) is 76.8 cm³/mol. The topological polar surface area (TPSA) is 62.2 Å². The minimum atomic E-state index is -4.44. The molecule has 0 saturated heterocycles. The maximum Gasteiger partial charge on any atom is 0.416 e. The number of aromatic nitrogens is 1. The molecule has 0 bridgehead atoms. The predicted octanol–water partition coefficient (Wildman–Crippen LogP) is 3.55. The van der Waals surface area contributed by atoms with Gasteiger partial charge in [0, 0.05) is 12.1 Å². The molecule has 0 unspecified atom stereocenters. The van der Waals surface area contributed by atoms with Crippen LogP contribution in [0.4, 0.5) is 19.0 Å². The fraction of sp³-hybridized carbons (Fsp3) is 0.250. The number of amides is 1. The van der Waals surface area contributed by atoms with E-state index in [2.05, 4.69) is 10.3 Å². The van der Waals surface area contributed by atoms with Crippen LogP contribution in [0, 0.1) is 5.92 Å². The Balaban J connectivity index is 1.75. The van der Waals surface area contributed by atoms with Crippen LogP contribution in [-0.4, -0.2) is 16.0 Å². The van der Waals surface area contributed by atoms with Crippen LogP contribution in [0.5, 0.6) is 5.75 Å². The van der Waals surface area contributed by atoms with Crippen LogP contribution in [0.25, 0.3) is 0 Å². The van der Waals surface area contributed by atoms with Crippen molar-refractivity contribution in [1.29, 1.82) is 0 Å². The number of rotatable bonds is 3. The zero-order chi connectivity index (χ0) is 16.6. The molecule has 23 heavy (non-hydrogen) atoms. The van der Waals surface area contributed by atoms with Crippen molar-refractivity contribution in [3.8, 4) is 5.75 Å². The third kappa shape index (κ3) is 3.13. The highest BCUT2D eigenvalue weighted by molar-refractivity contribution is 5.95. The lowest BCUT2D eigenvalue weighted by Gasteiger charge is -2.12. The third-order valence-corrected chi connectivity index (χ3v) is 3.82. The van der Waals surface area contributed by atoms with Gasteiger partial charge in [0.15, 0.2) is 11.6 Å². The number of halogens is 3. The first kappa shape index (κ1) is 15.3. The summed E-state index contributed by atoms with van der Waals surface area (Å²) < 4.78 is 39.1. The van der Waals surface area contributed by atoms with Crippen LogP contribution in [0.15, 0.2) is 42.6 Å². The first-order valence-electron chi connectivity index (χ1n) is 6.99. The van der Waals surface area contributed by atoms with Gasteiger partial charge < -0.3 is 10.4 Å². The van der Waals surface area contributed by atoms with E-state index in [9.17, 15) is 23.1 Å². The van der Waals surface area contributed by atoms with Crippen molar-refractivity contribution in [3.05, 3.63) is 53.7 Å². The highest BCUT2D eigenvalue weighted by atomic mass is 19.4. The average molecular weight is 322 g/mol. The van der Waals surface area contributed by atoms with Gasteiger partial charge in [0.1, 0.15) is 0 Å². The first-order chi connectivity index (χ1) is 10.9. The molecule has 0 radical (unpaired) electrons. The van der Waals surface area contributed by atoms with Crippen molar-refractivity contribution in [3.63, 3.8) is 0 Å². The second kappa shape index (κ2) is 5.57. The van der Waals surface area contributed by atoms with Gasteiger partial charge in [-0.3, -0.25) is 4.79 Å². The maximum atomic E-state index is 13.0. The van der Waals surface area contributed by atoms with E-state index in [1.54, 1.807) is 0 Å². The van der Waals surface area contributed by atoms with Gasteiger partial charge in [0.05, 0.1) is 5.56 Å². The number of pyridine rings is 1. The smallest absolute Gasteiger partial charge is 0.416 e. The molecule has 2 atom stereocenters. The van der Waals surface area contributed by atoms with Crippen LogP contribution in [0.3, 0.4) is 0 Å². The van der Waals surface area contributed by atoms with Crippen LogP contribution < -0.4 is 5.32 Å². The van der Waals surface area contributed by atoms with Crippen LogP contribution in [0.1, 0.15) is 23.5 Å². The SMILES string of the molecule is O=C(Nc1ncccc1O)[C@@H]1C[C@@H]1c1ccccc1C(F)(F)F. The Hall–Kier alpha value is -2.57. The fourth-order valence-corrected chi connectivity index (χ4v) is 2.61. The monoisotopic (exact) mass is 322 g/mol. The average Bonchev–Trinajstić information content (AvgIpc) is 3.29. The molecule has 1 saturated carbocycles. The number of hydrogen-bond donors (Lipinski definition) is 2. The maximum absolute atomic E-state index is 13.0. The van der Waals surface area contributed by atoms with Gasteiger partial charge in [-0.05, 0) is 36.1 Å². The molecule has 120 valence electrons. The number of carbonyl (C=O) groups excluding carboxylic acids is 1. The number of aromatic hydroxyl groups is 1. The zero-order valence-electron chi connectivity index (χ0n) is 11.8. The van der Waals surface area contributed by atoms with Crippen molar-refractivity contribution >= 4 is 11.7 Å². The first-order valence-corrected chi connectivity index (χ1v) is 6.99. The van der Waals surface area contributed by atoms with E-state index in [1.165, 1.54) is 36.5 Å². The molecule has 7 heteroatoms. The van der Waals surface area contributed by atoms with E-state index >= 15 is 0 Å². The minimum Gasteiger partial charge on any atom is -0.504 e. The second-order valence-corrected chi connectivity index (χ2v) is 5.39. The molecule has 1 heterocycles. The largest absolute Gasteiger partial charge is 0.504 e. The molecule has 3 rings (SSSR count).